The highest BCUT2D eigenvalue weighted by Crippen LogP contribution is 2.40. The molecule has 0 unspecified atom stereocenters. The number of hydrogen-bond donors (Lipinski definition) is 8. The summed E-state index contributed by atoms with van der Waals surface area (Å²) in [4.78, 5) is 46.3. The Morgan fingerprint density at radius 3 is 1.10 bits per heavy atom. The Balaban J connectivity index is 1.10. The van der Waals surface area contributed by atoms with E-state index in [1.807, 2.05) is 74.5 Å². The summed E-state index contributed by atoms with van der Waals surface area (Å²) < 4.78 is 28.8. The Bertz CT molecular complexity index is 3460. The molecule has 8 heterocycles. The van der Waals surface area contributed by atoms with Crippen LogP contribution in [0.15, 0.2) is 121 Å². The molecule has 0 radical (unpaired) electrons. The molecule has 0 saturated carbocycles. The number of aromatic amines is 2. The van der Waals surface area contributed by atoms with Gasteiger partial charge in [0.1, 0.15) is 62.0 Å². The highest BCUT2D eigenvalue weighted by Gasteiger charge is 2.50. The Morgan fingerprint density at radius 2 is 0.740 bits per heavy atom. The summed E-state index contributed by atoms with van der Waals surface area (Å²) in [6, 6.07) is 37.9. The minimum Gasteiger partial charge on any atom is -0.459 e. The maximum atomic E-state index is 14.1. The van der Waals surface area contributed by atoms with Crippen molar-refractivity contribution in [1.82, 2.24) is 19.9 Å². The number of rotatable bonds is 2. The maximum Gasteiger partial charge on any atom is 0.338 e. The van der Waals surface area contributed by atoms with Gasteiger partial charge in [-0.15, -0.1) is 0 Å². The predicted octanol–water partition coefficient (Wildman–Crippen LogP) is 6.90. The first-order chi connectivity index (χ1) is 37.3. The van der Waals surface area contributed by atoms with Crippen LogP contribution < -0.4 is 0 Å². The van der Waals surface area contributed by atoms with Gasteiger partial charge < -0.3 is 64.3 Å². The van der Waals surface area contributed by atoms with Crippen LogP contribution in [-0.2, 0) is 23.7 Å². The van der Waals surface area contributed by atoms with E-state index in [1.54, 1.807) is 36.4 Å². The average molecular weight is 1040 g/mol. The Kier molecular flexibility index (Phi) is 13.1. The van der Waals surface area contributed by atoms with E-state index in [4.69, 9.17) is 33.7 Å². The van der Waals surface area contributed by atoms with Gasteiger partial charge in [0.25, 0.3) is 0 Å². The van der Waals surface area contributed by atoms with Gasteiger partial charge in [-0.2, -0.15) is 0 Å². The summed E-state index contributed by atoms with van der Waals surface area (Å²) in [7, 11) is 0. The average Bonchev–Trinajstić information content (AvgIpc) is 4.38. The van der Waals surface area contributed by atoms with Gasteiger partial charge in [-0.05, 0) is 109 Å². The summed E-state index contributed by atoms with van der Waals surface area (Å²) in [5, 5.41) is 65.8. The molecule has 8 N–H and O–H groups in total. The fourth-order valence-corrected chi connectivity index (χ4v) is 10.4. The molecular formula is C60H52N4O13. The van der Waals surface area contributed by atoms with Gasteiger partial charge in [0.15, 0.2) is 12.6 Å². The first-order valence-corrected chi connectivity index (χ1v) is 25.2. The lowest BCUT2D eigenvalue weighted by atomic mass is 9.98. The van der Waals surface area contributed by atoms with Crippen molar-refractivity contribution in [3.8, 4) is 44.5 Å². The van der Waals surface area contributed by atoms with Crippen LogP contribution in [0.5, 0.6) is 0 Å². The Morgan fingerprint density at radius 1 is 0.403 bits per heavy atom. The summed E-state index contributed by atoms with van der Waals surface area (Å²) in [5.41, 5.74) is 13.6. The number of nitrogens with zero attached hydrogens (tertiary/aromatic N) is 2. The summed E-state index contributed by atoms with van der Waals surface area (Å²) >= 11 is 0. The van der Waals surface area contributed by atoms with Crippen LogP contribution >= 0.6 is 0 Å². The Hall–Kier alpha value is -7.94. The number of aliphatic hydroxyl groups excluding tert-OH is 6. The monoisotopic (exact) mass is 1040 g/mol. The van der Waals surface area contributed by atoms with E-state index in [1.165, 1.54) is 0 Å². The van der Waals surface area contributed by atoms with Crippen molar-refractivity contribution in [1.29, 1.82) is 0 Å². The first-order valence-electron chi connectivity index (χ1n) is 25.2. The second kappa shape index (κ2) is 20.2. The lowest BCUT2D eigenvalue weighted by Gasteiger charge is -2.44. The number of hydrogen-bond acceptors (Lipinski definition) is 15. The first kappa shape index (κ1) is 49.9. The summed E-state index contributed by atoms with van der Waals surface area (Å²) in [5.74, 6) is -1.64. The molecule has 10 atom stereocenters. The van der Waals surface area contributed by atoms with Gasteiger partial charge in [0.05, 0.1) is 33.9 Å². The highest BCUT2D eigenvalue weighted by atomic mass is 16.8. The van der Waals surface area contributed by atoms with Gasteiger partial charge in [-0.1, -0.05) is 83.9 Å². The van der Waals surface area contributed by atoms with Crippen LogP contribution in [0.3, 0.4) is 0 Å². The number of fused-ring (bicyclic) bond motifs is 18. The zero-order valence-corrected chi connectivity index (χ0v) is 41.5. The van der Waals surface area contributed by atoms with E-state index < -0.39 is 86.6 Å². The van der Waals surface area contributed by atoms with Crippen molar-refractivity contribution in [2.24, 2.45) is 0 Å². The van der Waals surface area contributed by atoms with Crippen molar-refractivity contribution < 1.29 is 63.9 Å². The zero-order valence-electron chi connectivity index (χ0n) is 41.5. The number of aryl methyl sites for hydroxylation is 2. The van der Waals surface area contributed by atoms with Crippen LogP contribution in [-0.4, -0.2) is 137 Å². The molecule has 0 spiro atoms. The number of ether oxygens (including phenoxy) is 5. The molecule has 4 aromatic carbocycles. The number of benzene rings is 4. The minimum absolute atomic E-state index is 0.113. The third-order valence-electron chi connectivity index (χ3n) is 14.6. The molecule has 2 saturated heterocycles. The molecule has 12 rings (SSSR count). The molecule has 2 fully saturated rings. The van der Waals surface area contributed by atoms with E-state index in [9.17, 15) is 40.2 Å². The largest absolute Gasteiger partial charge is 0.459 e. The maximum absolute atomic E-state index is 14.1. The van der Waals surface area contributed by atoms with Crippen LogP contribution in [0, 0.1) is 13.8 Å². The van der Waals surface area contributed by atoms with Crippen LogP contribution in [0.1, 0.15) is 54.6 Å². The number of cyclic esters (lactones) is 2. The standard InChI is InChI=1S/C60H52N4O13/c1-29-9-13-31(14-10-29)47-37-17-18-38(61-37)48(32-15-11-30(2)12-16-32)40-20-22-42(63-40)50-34-6-4-8-36(26-34)58(72)74-28-46-52(66)54(68)56(70)60(76-46)77-59-55(69)53(67)51(65)45(75-59)27-73-57(71)35-7-3-5-33(25-35)49(41-21-19-39(47)62-41)43-23-24-44(50)64-43/h3-26,45-46,51-56,59-61,64-70H,27-28H2,1-2H3/t45-,46-,51-,52-,53+,54+,55-,56-,59-,60-/m1/s1. The molecule has 0 amide bonds. The summed E-state index contributed by atoms with van der Waals surface area (Å²) in [6.07, 6.45) is -10.1. The molecule has 0 aliphatic carbocycles. The molecule has 17 nitrogen and oxygen atoms in total. The zero-order chi connectivity index (χ0) is 53.2. The topological polar surface area (TPSA) is 259 Å². The van der Waals surface area contributed by atoms with Gasteiger partial charge >= 0.3 is 11.9 Å². The predicted molar refractivity (Wildman–Crippen MR) is 285 cm³/mol. The molecule has 77 heavy (non-hydrogen) atoms. The molecule has 5 aliphatic heterocycles. The van der Waals surface area contributed by atoms with E-state index in [0.29, 0.717) is 56.1 Å². The molecular weight excluding hydrogens is 985 g/mol. The quantitative estimate of drug-likeness (QED) is 0.0820. The van der Waals surface area contributed by atoms with Gasteiger partial charge in [-0.25, -0.2) is 19.6 Å². The summed E-state index contributed by atoms with van der Waals surface area (Å²) in [6.45, 7) is 2.80. The lowest BCUT2D eigenvalue weighted by molar-refractivity contribution is -0.376. The lowest BCUT2D eigenvalue weighted by Crippen LogP contribution is -2.64. The smallest absolute Gasteiger partial charge is 0.338 e. The van der Waals surface area contributed by atoms with E-state index in [2.05, 4.69) is 58.5 Å². The van der Waals surface area contributed by atoms with E-state index in [0.717, 1.165) is 44.4 Å². The van der Waals surface area contributed by atoms with Crippen molar-refractivity contribution in [2.45, 2.75) is 75.3 Å². The number of esters is 2. The third kappa shape index (κ3) is 9.37. The third-order valence-corrected chi connectivity index (χ3v) is 14.6. The fourth-order valence-electron chi connectivity index (χ4n) is 10.4. The number of carbonyl (C=O) groups excluding carboxylic acids is 2. The SMILES string of the molecule is Cc1ccc(-c2c3nc(c4c5ccc([nH]5)c(c5nc(c(-c6ccc(C)cc6)c6ccc2[nH]6)C=C5)-c2cccc(c2)C(=O)OC[C@H]2O[C@H](O[C@H]5O[C@H](COC(=O)c6cccc-4c6)[C@@H](O)[C@H](O)[C@H]5O)[C@H](O)[C@@H](O)[C@@H]2O)C=C3)cc1. The molecule has 18 bridgehead atoms. The normalized spacial score (nSPS) is 25.3. The molecule has 5 aliphatic rings. The highest BCUT2D eigenvalue weighted by molar-refractivity contribution is 6.01. The molecule has 7 aromatic rings. The van der Waals surface area contributed by atoms with Crippen molar-refractivity contribution in [2.75, 3.05) is 13.2 Å². The van der Waals surface area contributed by atoms with Crippen LogP contribution in [0.2, 0.25) is 0 Å². The van der Waals surface area contributed by atoms with E-state index >= 15 is 0 Å². The van der Waals surface area contributed by atoms with Gasteiger partial charge in [-0.3, -0.25) is 0 Å². The molecule has 3 aromatic heterocycles. The van der Waals surface area contributed by atoms with Gasteiger partial charge in [0, 0.05) is 44.3 Å². The molecule has 390 valence electrons. The number of aliphatic hydroxyl groups is 6. The number of carbonyl (C=O) groups is 2. The van der Waals surface area contributed by atoms with E-state index in [-0.39, 0.29) is 11.1 Å². The van der Waals surface area contributed by atoms with Crippen LogP contribution in [0.4, 0.5) is 0 Å². The number of aromatic nitrogens is 4. The van der Waals surface area contributed by atoms with Crippen molar-refractivity contribution >= 4 is 58.3 Å². The second-order valence-corrected chi connectivity index (χ2v) is 19.8. The number of H-pyrrole nitrogens is 2. The van der Waals surface area contributed by atoms with Gasteiger partial charge in [0.2, 0.25) is 0 Å². The fraction of sp³-hybridized carbons (Fsp3) is 0.233. The van der Waals surface area contributed by atoms with Crippen molar-refractivity contribution in [3.63, 3.8) is 0 Å². The minimum atomic E-state index is -1.93. The Labute approximate surface area is 440 Å². The molecule has 17 heteroatoms. The van der Waals surface area contributed by atoms with Crippen LogP contribution in [0.25, 0.3) is 90.9 Å². The second-order valence-electron chi connectivity index (χ2n) is 19.8. The number of nitrogens with one attached hydrogen (secondary N) is 2. The van der Waals surface area contributed by atoms with Crippen molar-refractivity contribution in [3.05, 3.63) is 166 Å².